The third-order valence-corrected chi connectivity index (χ3v) is 4.86. The average molecular weight is 366 g/mol. The SMILES string of the molecule is CC(=O)N(c1cccc(Cl)c1)c1nc(C[NH+]2CCNC(=O)C2)cs1. The molecule has 1 unspecified atom stereocenters. The van der Waals surface area contributed by atoms with E-state index < -0.39 is 0 Å². The molecule has 1 aromatic heterocycles. The number of nitrogens with one attached hydrogen (secondary N) is 2. The normalized spacial score (nSPS) is 17.4. The molecule has 0 radical (unpaired) electrons. The Hall–Kier alpha value is -1.96. The van der Waals surface area contributed by atoms with E-state index in [1.54, 1.807) is 23.1 Å². The summed E-state index contributed by atoms with van der Waals surface area (Å²) in [5, 5.41) is 5.94. The number of carbonyl (C=O) groups is 2. The average Bonchev–Trinajstić information content (AvgIpc) is 2.95. The van der Waals surface area contributed by atoms with Crippen molar-refractivity contribution < 1.29 is 14.5 Å². The molecular weight excluding hydrogens is 348 g/mol. The fourth-order valence-corrected chi connectivity index (χ4v) is 3.76. The summed E-state index contributed by atoms with van der Waals surface area (Å²) in [5.41, 5.74) is 1.58. The minimum Gasteiger partial charge on any atom is -0.346 e. The maximum absolute atomic E-state index is 12.1. The number of hydrogen-bond acceptors (Lipinski definition) is 4. The van der Waals surface area contributed by atoms with Crippen molar-refractivity contribution >= 4 is 45.6 Å². The van der Waals surface area contributed by atoms with Gasteiger partial charge >= 0.3 is 0 Å². The van der Waals surface area contributed by atoms with Crippen LogP contribution < -0.4 is 15.1 Å². The Bertz CT molecular complexity index is 764. The van der Waals surface area contributed by atoms with Crippen LogP contribution in [0.2, 0.25) is 5.02 Å². The monoisotopic (exact) mass is 365 g/mol. The molecule has 0 spiro atoms. The number of rotatable bonds is 4. The van der Waals surface area contributed by atoms with Gasteiger partial charge in [0.2, 0.25) is 5.91 Å². The van der Waals surface area contributed by atoms with Gasteiger partial charge < -0.3 is 10.2 Å². The number of anilines is 2. The second kappa shape index (κ2) is 7.29. The second-order valence-electron chi connectivity index (χ2n) is 5.66. The first kappa shape index (κ1) is 16.9. The molecule has 1 saturated heterocycles. The first-order valence-corrected chi connectivity index (χ1v) is 8.89. The molecule has 2 amide bonds. The lowest BCUT2D eigenvalue weighted by molar-refractivity contribution is -0.907. The molecule has 1 aliphatic rings. The molecule has 3 rings (SSSR count). The minimum atomic E-state index is -0.122. The summed E-state index contributed by atoms with van der Waals surface area (Å²) >= 11 is 7.45. The smallest absolute Gasteiger partial charge is 0.275 e. The summed E-state index contributed by atoms with van der Waals surface area (Å²) in [6.07, 6.45) is 0. The third-order valence-electron chi connectivity index (χ3n) is 3.75. The number of halogens is 1. The molecule has 2 N–H and O–H groups in total. The summed E-state index contributed by atoms with van der Waals surface area (Å²) in [6.45, 7) is 4.20. The van der Waals surface area contributed by atoms with E-state index >= 15 is 0 Å². The van der Waals surface area contributed by atoms with Crippen LogP contribution in [0.1, 0.15) is 12.6 Å². The van der Waals surface area contributed by atoms with Crippen LogP contribution in [0.25, 0.3) is 0 Å². The number of thiazole rings is 1. The van der Waals surface area contributed by atoms with E-state index in [1.807, 2.05) is 11.4 Å². The fraction of sp³-hybridized carbons (Fsp3) is 0.312. The predicted molar refractivity (Wildman–Crippen MR) is 93.8 cm³/mol. The fourth-order valence-electron chi connectivity index (χ4n) is 2.69. The number of nitrogens with zero attached hydrogens (tertiary/aromatic N) is 2. The van der Waals surface area contributed by atoms with Gasteiger partial charge in [0.25, 0.3) is 5.91 Å². The van der Waals surface area contributed by atoms with Crippen LogP contribution in [0, 0.1) is 0 Å². The second-order valence-corrected chi connectivity index (χ2v) is 6.93. The number of amides is 2. The van der Waals surface area contributed by atoms with E-state index in [0.717, 1.165) is 12.2 Å². The Kier molecular flexibility index (Phi) is 5.13. The van der Waals surface area contributed by atoms with Crippen LogP contribution in [0.5, 0.6) is 0 Å². The van der Waals surface area contributed by atoms with Gasteiger partial charge in [-0.1, -0.05) is 17.7 Å². The van der Waals surface area contributed by atoms with E-state index in [4.69, 9.17) is 11.6 Å². The van der Waals surface area contributed by atoms with Crippen molar-refractivity contribution in [3.63, 3.8) is 0 Å². The standard InChI is InChI=1S/C16H17ClN4O2S/c1-11(22)21(14-4-2-3-12(17)7-14)16-19-13(10-24-16)8-20-6-5-18-15(23)9-20/h2-4,7,10H,5-6,8-9H2,1H3,(H,18,23)/p+1. The van der Waals surface area contributed by atoms with Gasteiger partial charge in [0.05, 0.1) is 18.8 Å². The Morgan fingerprint density at radius 1 is 1.50 bits per heavy atom. The van der Waals surface area contributed by atoms with Gasteiger partial charge in [-0.05, 0) is 18.2 Å². The van der Waals surface area contributed by atoms with Crippen LogP contribution in [0.3, 0.4) is 0 Å². The van der Waals surface area contributed by atoms with Gasteiger partial charge in [-0.25, -0.2) is 4.98 Å². The van der Waals surface area contributed by atoms with Crippen molar-refractivity contribution in [3.05, 3.63) is 40.4 Å². The highest BCUT2D eigenvalue weighted by Gasteiger charge is 2.23. The molecule has 24 heavy (non-hydrogen) atoms. The summed E-state index contributed by atoms with van der Waals surface area (Å²) in [6, 6.07) is 7.14. The van der Waals surface area contributed by atoms with Gasteiger partial charge in [-0.2, -0.15) is 0 Å². The van der Waals surface area contributed by atoms with Crippen molar-refractivity contribution in [3.8, 4) is 0 Å². The lowest BCUT2D eigenvalue weighted by atomic mass is 10.3. The quantitative estimate of drug-likeness (QED) is 0.849. The van der Waals surface area contributed by atoms with Gasteiger partial charge in [-0.15, -0.1) is 11.3 Å². The molecule has 2 heterocycles. The van der Waals surface area contributed by atoms with Crippen LogP contribution in [0.4, 0.5) is 10.8 Å². The number of hydrogen-bond donors (Lipinski definition) is 2. The highest BCUT2D eigenvalue weighted by atomic mass is 35.5. The molecule has 1 fully saturated rings. The number of carbonyl (C=O) groups excluding carboxylic acids is 2. The number of aromatic nitrogens is 1. The maximum Gasteiger partial charge on any atom is 0.275 e. The number of benzene rings is 1. The van der Waals surface area contributed by atoms with Crippen LogP contribution >= 0.6 is 22.9 Å². The molecule has 0 saturated carbocycles. The van der Waals surface area contributed by atoms with E-state index in [2.05, 4.69) is 10.3 Å². The van der Waals surface area contributed by atoms with Crippen LogP contribution in [0.15, 0.2) is 29.6 Å². The molecule has 1 aliphatic heterocycles. The van der Waals surface area contributed by atoms with Crippen molar-refractivity contribution in [2.24, 2.45) is 0 Å². The van der Waals surface area contributed by atoms with Crippen LogP contribution in [-0.4, -0.2) is 36.4 Å². The van der Waals surface area contributed by atoms with Gasteiger partial charge in [0.15, 0.2) is 11.7 Å². The van der Waals surface area contributed by atoms with Crippen molar-refractivity contribution in [1.82, 2.24) is 10.3 Å². The zero-order valence-electron chi connectivity index (χ0n) is 13.2. The summed E-state index contributed by atoms with van der Waals surface area (Å²) in [4.78, 5) is 30.9. The predicted octanol–water partition coefficient (Wildman–Crippen LogP) is 0.996. The lowest BCUT2D eigenvalue weighted by Gasteiger charge is -2.22. The van der Waals surface area contributed by atoms with Gasteiger partial charge in [0.1, 0.15) is 12.2 Å². The number of quaternary nitrogens is 1. The molecule has 8 heteroatoms. The molecule has 2 aromatic rings. The van der Waals surface area contributed by atoms with E-state index in [1.165, 1.54) is 23.2 Å². The highest BCUT2D eigenvalue weighted by Crippen LogP contribution is 2.30. The van der Waals surface area contributed by atoms with Crippen molar-refractivity contribution in [2.75, 3.05) is 24.5 Å². The summed E-state index contributed by atoms with van der Waals surface area (Å²) < 4.78 is 0. The van der Waals surface area contributed by atoms with Gasteiger partial charge in [-0.3, -0.25) is 14.5 Å². The molecule has 1 atom stereocenters. The molecule has 0 bridgehead atoms. The molecule has 6 nitrogen and oxygen atoms in total. The van der Waals surface area contributed by atoms with Crippen molar-refractivity contribution in [2.45, 2.75) is 13.5 Å². The molecule has 126 valence electrons. The Morgan fingerprint density at radius 2 is 2.33 bits per heavy atom. The Balaban J connectivity index is 1.79. The Morgan fingerprint density at radius 3 is 3.04 bits per heavy atom. The largest absolute Gasteiger partial charge is 0.346 e. The van der Waals surface area contributed by atoms with Crippen LogP contribution in [-0.2, 0) is 16.1 Å². The zero-order chi connectivity index (χ0) is 17.1. The minimum absolute atomic E-state index is 0.0657. The lowest BCUT2D eigenvalue weighted by Crippen LogP contribution is -3.14. The third kappa shape index (κ3) is 3.92. The first-order valence-electron chi connectivity index (χ1n) is 7.64. The van der Waals surface area contributed by atoms with Gasteiger partial charge in [0, 0.05) is 17.3 Å². The molecule has 0 aliphatic carbocycles. The topological polar surface area (TPSA) is 66.7 Å². The maximum atomic E-state index is 12.1. The highest BCUT2D eigenvalue weighted by molar-refractivity contribution is 7.14. The zero-order valence-corrected chi connectivity index (χ0v) is 14.8. The number of piperazine rings is 1. The summed E-state index contributed by atoms with van der Waals surface area (Å²) in [7, 11) is 0. The molecular formula is C16H18ClN4O2S+. The van der Waals surface area contributed by atoms with E-state index in [-0.39, 0.29) is 11.8 Å². The van der Waals surface area contributed by atoms with E-state index in [9.17, 15) is 9.59 Å². The summed E-state index contributed by atoms with van der Waals surface area (Å²) in [5.74, 6) is -0.0566. The van der Waals surface area contributed by atoms with Crippen molar-refractivity contribution in [1.29, 1.82) is 0 Å². The Labute approximate surface area is 149 Å². The van der Waals surface area contributed by atoms with E-state index in [0.29, 0.717) is 35.5 Å². The molecule has 1 aromatic carbocycles. The first-order chi connectivity index (χ1) is 11.5.